The minimum absolute atomic E-state index is 0.217. The monoisotopic (exact) mass is 235 g/mol. The first-order chi connectivity index (χ1) is 6.54. The van der Waals surface area contributed by atoms with Crippen molar-refractivity contribution in [3.05, 3.63) is 16.3 Å². The highest BCUT2D eigenvalue weighted by molar-refractivity contribution is 7.89. The van der Waals surface area contributed by atoms with Crippen LogP contribution in [0.25, 0.3) is 0 Å². The van der Waals surface area contributed by atoms with Gasteiger partial charge in [-0.15, -0.1) is 11.3 Å². The maximum absolute atomic E-state index is 11.8. The van der Waals surface area contributed by atoms with Crippen LogP contribution in [-0.2, 0) is 16.6 Å². The van der Waals surface area contributed by atoms with Crippen LogP contribution in [0.15, 0.2) is 16.3 Å². The summed E-state index contributed by atoms with van der Waals surface area (Å²) >= 11 is 1.25. The number of sulfonamides is 1. The third-order valence-electron chi connectivity index (χ3n) is 1.98. The first kappa shape index (κ1) is 11.6. The van der Waals surface area contributed by atoms with Gasteiger partial charge >= 0.3 is 0 Å². The van der Waals surface area contributed by atoms with Crippen molar-refractivity contribution in [2.24, 2.45) is 0 Å². The van der Waals surface area contributed by atoms with Crippen molar-refractivity contribution < 1.29 is 13.5 Å². The number of hydrogen-bond acceptors (Lipinski definition) is 4. The van der Waals surface area contributed by atoms with E-state index in [0.717, 1.165) is 0 Å². The number of rotatable bonds is 4. The summed E-state index contributed by atoms with van der Waals surface area (Å²) in [5, 5.41) is 10.6. The Morgan fingerprint density at radius 1 is 1.57 bits per heavy atom. The highest BCUT2D eigenvalue weighted by Gasteiger charge is 2.23. The second-order valence-corrected chi connectivity index (χ2v) is 5.80. The zero-order valence-corrected chi connectivity index (χ0v) is 9.73. The Labute approximate surface area is 87.8 Å². The van der Waals surface area contributed by atoms with Crippen LogP contribution in [0.2, 0.25) is 0 Å². The lowest BCUT2D eigenvalue weighted by molar-refractivity contribution is 0.282. The molecule has 14 heavy (non-hydrogen) atoms. The lowest BCUT2D eigenvalue weighted by Gasteiger charge is -2.14. The van der Waals surface area contributed by atoms with Crippen molar-refractivity contribution in [2.45, 2.75) is 18.4 Å². The smallest absolute Gasteiger partial charge is 0.244 e. The topological polar surface area (TPSA) is 57.6 Å². The molecule has 0 spiro atoms. The van der Waals surface area contributed by atoms with Gasteiger partial charge in [0.15, 0.2) is 0 Å². The molecule has 0 saturated heterocycles. The van der Waals surface area contributed by atoms with Crippen molar-refractivity contribution in [1.29, 1.82) is 0 Å². The second-order valence-electron chi connectivity index (χ2n) is 2.79. The molecule has 80 valence electrons. The molecule has 0 aliphatic heterocycles. The van der Waals surface area contributed by atoms with Gasteiger partial charge in [-0.25, -0.2) is 12.7 Å². The molecule has 1 rings (SSSR count). The molecule has 1 aromatic rings. The standard InChI is InChI=1S/C8H13NO3S2/c1-3-9(2)14(11,12)8-4-5-13-7(8)6-10/h4-5,10H,3,6H2,1-2H3. The third-order valence-corrected chi connectivity index (χ3v) is 5.03. The molecule has 0 bridgehead atoms. The van der Waals surface area contributed by atoms with E-state index in [0.29, 0.717) is 11.4 Å². The minimum Gasteiger partial charge on any atom is -0.391 e. The highest BCUT2D eigenvalue weighted by Crippen LogP contribution is 2.24. The summed E-state index contributed by atoms with van der Waals surface area (Å²) in [6.07, 6.45) is 0. The summed E-state index contributed by atoms with van der Waals surface area (Å²) in [4.78, 5) is 0.708. The maximum atomic E-state index is 11.8. The van der Waals surface area contributed by atoms with Crippen LogP contribution in [0.3, 0.4) is 0 Å². The van der Waals surface area contributed by atoms with Crippen LogP contribution in [0, 0.1) is 0 Å². The van der Waals surface area contributed by atoms with Gasteiger partial charge in [-0.05, 0) is 11.4 Å². The molecule has 1 aromatic heterocycles. The molecule has 0 saturated carbocycles. The molecular weight excluding hydrogens is 222 g/mol. The van der Waals surface area contributed by atoms with Gasteiger partial charge < -0.3 is 5.11 Å². The summed E-state index contributed by atoms with van der Waals surface area (Å²) in [7, 11) is -1.88. The van der Waals surface area contributed by atoms with E-state index in [1.54, 1.807) is 12.3 Å². The number of hydrogen-bond donors (Lipinski definition) is 1. The summed E-state index contributed by atoms with van der Waals surface area (Å²) in [6, 6.07) is 1.53. The summed E-state index contributed by atoms with van der Waals surface area (Å²) in [5.74, 6) is 0. The van der Waals surface area contributed by atoms with Crippen LogP contribution < -0.4 is 0 Å². The predicted octanol–water partition coefficient (Wildman–Crippen LogP) is 0.881. The second kappa shape index (κ2) is 4.39. The largest absolute Gasteiger partial charge is 0.391 e. The van der Waals surface area contributed by atoms with Crippen molar-refractivity contribution in [3.8, 4) is 0 Å². The van der Waals surface area contributed by atoms with Crippen LogP contribution in [0.4, 0.5) is 0 Å². The van der Waals surface area contributed by atoms with Crippen LogP contribution >= 0.6 is 11.3 Å². The highest BCUT2D eigenvalue weighted by atomic mass is 32.2. The number of thiophene rings is 1. The minimum atomic E-state index is -3.40. The molecule has 1 heterocycles. The molecule has 0 unspecified atom stereocenters. The number of aliphatic hydroxyl groups excluding tert-OH is 1. The molecule has 1 N–H and O–H groups in total. The Bertz CT molecular complexity index is 396. The van der Waals surface area contributed by atoms with Gasteiger partial charge in [0.1, 0.15) is 0 Å². The van der Waals surface area contributed by atoms with Gasteiger partial charge in [-0.1, -0.05) is 6.92 Å². The van der Waals surface area contributed by atoms with Crippen molar-refractivity contribution in [2.75, 3.05) is 13.6 Å². The van der Waals surface area contributed by atoms with E-state index < -0.39 is 10.0 Å². The Morgan fingerprint density at radius 3 is 2.71 bits per heavy atom. The lowest BCUT2D eigenvalue weighted by Crippen LogP contribution is -2.26. The van der Waals surface area contributed by atoms with Gasteiger partial charge in [0.05, 0.1) is 11.5 Å². The van der Waals surface area contributed by atoms with E-state index >= 15 is 0 Å². The summed E-state index contributed by atoms with van der Waals surface area (Å²) in [6.45, 7) is 1.95. The fourth-order valence-corrected chi connectivity index (χ4v) is 3.45. The molecule has 0 amide bonds. The van der Waals surface area contributed by atoms with Crippen LogP contribution in [0.5, 0.6) is 0 Å². The van der Waals surface area contributed by atoms with Crippen molar-refractivity contribution >= 4 is 21.4 Å². The van der Waals surface area contributed by atoms with E-state index in [2.05, 4.69) is 0 Å². The van der Waals surface area contributed by atoms with E-state index in [4.69, 9.17) is 5.11 Å². The third kappa shape index (κ3) is 1.98. The van der Waals surface area contributed by atoms with E-state index in [-0.39, 0.29) is 11.5 Å². The summed E-state index contributed by atoms with van der Waals surface area (Å²) in [5.41, 5.74) is 0. The van der Waals surface area contributed by atoms with Gasteiger partial charge in [0, 0.05) is 18.5 Å². The fraction of sp³-hybridized carbons (Fsp3) is 0.500. The van der Waals surface area contributed by atoms with Gasteiger partial charge in [-0.3, -0.25) is 0 Å². The van der Waals surface area contributed by atoms with Crippen LogP contribution in [0.1, 0.15) is 11.8 Å². The Morgan fingerprint density at radius 2 is 2.21 bits per heavy atom. The average Bonchev–Trinajstić information content (AvgIpc) is 2.64. The SMILES string of the molecule is CCN(C)S(=O)(=O)c1ccsc1CO. The summed E-state index contributed by atoms with van der Waals surface area (Å²) < 4.78 is 24.9. The fourth-order valence-electron chi connectivity index (χ4n) is 1.01. The molecule has 0 aliphatic carbocycles. The number of nitrogens with zero attached hydrogens (tertiary/aromatic N) is 1. The Kier molecular flexibility index (Phi) is 3.65. The average molecular weight is 235 g/mol. The van der Waals surface area contributed by atoms with Gasteiger partial charge in [0.2, 0.25) is 10.0 Å². The first-order valence-corrected chi connectivity index (χ1v) is 6.49. The molecule has 0 fully saturated rings. The normalized spacial score (nSPS) is 12.3. The zero-order valence-electron chi connectivity index (χ0n) is 8.10. The molecule has 6 heteroatoms. The molecule has 0 atom stereocenters. The molecule has 0 aliphatic rings. The van der Waals surface area contributed by atoms with E-state index in [1.807, 2.05) is 0 Å². The Hall–Kier alpha value is -0.430. The quantitative estimate of drug-likeness (QED) is 0.843. The van der Waals surface area contributed by atoms with E-state index in [1.165, 1.54) is 28.8 Å². The molecule has 0 aromatic carbocycles. The van der Waals surface area contributed by atoms with Crippen molar-refractivity contribution in [1.82, 2.24) is 4.31 Å². The Balaban J connectivity index is 3.16. The predicted molar refractivity (Wildman–Crippen MR) is 55.7 cm³/mol. The number of aliphatic hydroxyl groups is 1. The van der Waals surface area contributed by atoms with Gasteiger partial charge in [0.25, 0.3) is 0 Å². The zero-order chi connectivity index (χ0) is 10.8. The first-order valence-electron chi connectivity index (χ1n) is 4.17. The molecule has 4 nitrogen and oxygen atoms in total. The van der Waals surface area contributed by atoms with Crippen LogP contribution in [-0.4, -0.2) is 31.4 Å². The van der Waals surface area contributed by atoms with Gasteiger partial charge in [-0.2, -0.15) is 0 Å². The van der Waals surface area contributed by atoms with Crippen molar-refractivity contribution in [3.63, 3.8) is 0 Å². The molecular formula is C8H13NO3S2. The lowest BCUT2D eigenvalue weighted by atomic mass is 10.5. The van der Waals surface area contributed by atoms with E-state index in [9.17, 15) is 8.42 Å². The maximum Gasteiger partial charge on any atom is 0.244 e. The molecule has 0 radical (unpaired) electrons.